The Morgan fingerprint density at radius 1 is 1.16 bits per heavy atom. The van der Waals surface area contributed by atoms with Crippen molar-refractivity contribution in [1.82, 2.24) is 15.1 Å². The van der Waals surface area contributed by atoms with Gasteiger partial charge in [0.1, 0.15) is 5.82 Å². The molecule has 1 amide bonds. The van der Waals surface area contributed by atoms with Gasteiger partial charge in [0.15, 0.2) is 5.54 Å². The highest BCUT2D eigenvalue weighted by Gasteiger charge is 2.38. The smallest absolute Gasteiger partial charge is 0.333 e. The number of halogens is 1. The van der Waals surface area contributed by atoms with Gasteiger partial charge in [0.05, 0.1) is 17.3 Å². The number of carboxylic acid groups (broad SMARTS) is 1. The zero-order valence-corrected chi connectivity index (χ0v) is 14.9. The summed E-state index contributed by atoms with van der Waals surface area (Å²) in [6.07, 6.45) is 1.42. The molecule has 0 saturated heterocycles. The van der Waals surface area contributed by atoms with Crippen LogP contribution in [0.1, 0.15) is 49.3 Å². The molecule has 7 heteroatoms. The molecule has 0 fully saturated rings. The van der Waals surface area contributed by atoms with Crippen LogP contribution in [0.4, 0.5) is 4.39 Å². The lowest BCUT2D eigenvalue weighted by Crippen LogP contribution is -2.49. The molecule has 25 heavy (non-hydrogen) atoms. The molecule has 1 heterocycles. The summed E-state index contributed by atoms with van der Waals surface area (Å²) >= 11 is 0. The summed E-state index contributed by atoms with van der Waals surface area (Å²) in [5, 5.41) is 16.4. The lowest BCUT2D eigenvalue weighted by atomic mass is 9.91. The van der Waals surface area contributed by atoms with Crippen molar-refractivity contribution < 1.29 is 19.1 Å². The molecule has 1 aromatic heterocycles. The van der Waals surface area contributed by atoms with Crippen molar-refractivity contribution >= 4 is 11.9 Å². The first-order chi connectivity index (χ1) is 11.5. The van der Waals surface area contributed by atoms with E-state index < -0.39 is 23.2 Å². The molecule has 0 aliphatic rings. The van der Waals surface area contributed by atoms with Crippen LogP contribution in [0.2, 0.25) is 0 Å². The van der Waals surface area contributed by atoms with Crippen molar-refractivity contribution in [3.8, 4) is 0 Å². The van der Waals surface area contributed by atoms with Crippen LogP contribution in [0.3, 0.4) is 0 Å². The Morgan fingerprint density at radius 3 is 2.16 bits per heavy atom. The van der Waals surface area contributed by atoms with Crippen LogP contribution in [-0.4, -0.2) is 26.8 Å². The van der Waals surface area contributed by atoms with Crippen molar-refractivity contribution in [2.24, 2.45) is 0 Å². The van der Waals surface area contributed by atoms with Crippen molar-refractivity contribution in [2.45, 2.75) is 45.7 Å². The van der Waals surface area contributed by atoms with E-state index in [1.165, 1.54) is 25.3 Å². The molecule has 6 nitrogen and oxygen atoms in total. The van der Waals surface area contributed by atoms with E-state index in [9.17, 15) is 19.1 Å². The van der Waals surface area contributed by atoms with Crippen LogP contribution < -0.4 is 5.32 Å². The predicted octanol–water partition coefficient (Wildman–Crippen LogP) is 2.82. The van der Waals surface area contributed by atoms with Gasteiger partial charge in [0.25, 0.3) is 5.91 Å². The summed E-state index contributed by atoms with van der Waals surface area (Å²) in [6.45, 7) is 8.98. The SMILES string of the molecule is Cc1c(C(=O)NC(C)(C(=O)O)c2ccc(F)cc2)cnn1C(C)(C)C. The van der Waals surface area contributed by atoms with Crippen molar-refractivity contribution in [3.63, 3.8) is 0 Å². The van der Waals surface area contributed by atoms with Gasteiger partial charge in [-0.15, -0.1) is 0 Å². The van der Waals surface area contributed by atoms with Gasteiger partial charge in [-0.05, 0) is 52.3 Å². The monoisotopic (exact) mass is 347 g/mol. The minimum absolute atomic E-state index is 0.274. The number of amides is 1. The van der Waals surface area contributed by atoms with Crippen molar-refractivity contribution in [1.29, 1.82) is 0 Å². The first kappa shape index (κ1) is 18.6. The van der Waals surface area contributed by atoms with Crippen molar-refractivity contribution in [3.05, 3.63) is 53.1 Å². The molecule has 0 aliphatic heterocycles. The molecular weight excluding hydrogens is 325 g/mol. The molecule has 0 aliphatic carbocycles. The quantitative estimate of drug-likeness (QED) is 0.891. The van der Waals surface area contributed by atoms with Crippen LogP contribution in [0.25, 0.3) is 0 Å². The lowest BCUT2D eigenvalue weighted by Gasteiger charge is -2.27. The Morgan fingerprint density at radius 2 is 1.72 bits per heavy atom. The highest BCUT2D eigenvalue weighted by atomic mass is 19.1. The fourth-order valence-electron chi connectivity index (χ4n) is 2.64. The lowest BCUT2D eigenvalue weighted by molar-refractivity contribution is -0.144. The fraction of sp³-hybridized carbons (Fsp3) is 0.389. The van der Waals surface area contributed by atoms with E-state index in [4.69, 9.17) is 0 Å². The van der Waals surface area contributed by atoms with Gasteiger partial charge in [0.2, 0.25) is 0 Å². The largest absolute Gasteiger partial charge is 0.479 e. The van der Waals surface area contributed by atoms with Crippen molar-refractivity contribution in [2.75, 3.05) is 0 Å². The Bertz CT molecular complexity index is 806. The minimum atomic E-state index is -1.69. The van der Waals surface area contributed by atoms with E-state index in [1.54, 1.807) is 11.6 Å². The standard InChI is InChI=1S/C18H22FN3O3/c1-11-14(10-20-22(11)17(2,3)4)15(23)21-18(5,16(24)25)12-6-8-13(19)9-7-12/h6-10H,1-5H3,(H,21,23)(H,24,25). The fourth-order valence-corrected chi connectivity index (χ4v) is 2.64. The summed E-state index contributed by atoms with van der Waals surface area (Å²) in [4.78, 5) is 24.5. The van der Waals surface area contributed by atoms with Gasteiger partial charge in [0, 0.05) is 5.69 Å². The molecule has 1 unspecified atom stereocenters. The number of nitrogens with one attached hydrogen (secondary N) is 1. The number of rotatable bonds is 4. The molecule has 2 rings (SSSR count). The number of carbonyl (C=O) groups excluding carboxylic acids is 1. The van der Waals surface area contributed by atoms with Crippen LogP contribution in [0.15, 0.2) is 30.5 Å². The highest BCUT2D eigenvalue weighted by molar-refractivity contribution is 5.98. The van der Waals surface area contributed by atoms with Gasteiger partial charge in [-0.25, -0.2) is 9.18 Å². The Balaban J connectivity index is 2.38. The second-order valence-corrected chi connectivity index (χ2v) is 7.12. The molecule has 0 saturated carbocycles. The number of aromatic nitrogens is 2. The Hall–Kier alpha value is -2.70. The summed E-state index contributed by atoms with van der Waals surface area (Å²) in [5.41, 5.74) is -0.798. The maximum absolute atomic E-state index is 13.1. The first-order valence-electron chi connectivity index (χ1n) is 7.84. The zero-order valence-electron chi connectivity index (χ0n) is 14.9. The van der Waals surface area contributed by atoms with Gasteiger partial charge < -0.3 is 10.4 Å². The van der Waals surface area contributed by atoms with Gasteiger partial charge in [-0.3, -0.25) is 9.48 Å². The third kappa shape index (κ3) is 3.55. The molecule has 0 bridgehead atoms. The molecular formula is C18H22FN3O3. The van der Waals surface area contributed by atoms with E-state index in [2.05, 4.69) is 10.4 Å². The second-order valence-electron chi connectivity index (χ2n) is 7.12. The Labute approximate surface area is 145 Å². The summed E-state index contributed by atoms with van der Waals surface area (Å²) in [7, 11) is 0. The number of hydrogen-bond donors (Lipinski definition) is 2. The summed E-state index contributed by atoms with van der Waals surface area (Å²) < 4.78 is 14.8. The third-order valence-electron chi connectivity index (χ3n) is 4.10. The number of carboxylic acids is 1. The van der Waals surface area contributed by atoms with E-state index in [0.717, 1.165) is 12.1 Å². The van der Waals surface area contributed by atoms with Crippen LogP contribution in [0.5, 0.6) is 0 Å². The number of hydrogen-bond acceptors (Lipinski definition) is 3. The average molecular weight is 347 g/mol. The average Bonchev–Trinajstić information content (AvgIpc) is 2.89. The van der Waals surface area contributed by atoms with Gasteiger partial charge in [-0.2, -0.15) is 5.10 Å². The topological polar surface area (TPSA) is 84.2 Å². The van der Waals surface area contributed by atoms with Crippen LogP contribution >= 0.6 is 0 Å². The van der Waals surface area contributed by atoms with E-state index in [-0.39, 0.29) is 11.1 Å². The molecule has 1 atom stereocenters. The first-order valence-corrected chi connectivity index (χ1v) is 7.84. The molecule has 2 aromatic rings. The Kier molecular flexibility index (Phi) is 4.70. The summed E-state index contributed by atoms with van der Waals surface area (Å²) in [5.74, 6) is -2.28. The van der Waals surface area contributed by atoms with E-state index in [0.29, 0.717) is 11.3 Å². The molecule has 2 N–H and O–H groups in total. The normalized spacial score (nSPS) is 14.0. The van der Waals surface area contributed by atoms with E-state index >= 15 is 0 Å². The van der Waals surface area contributed by atoms with E-state index in [1.807, 2.05) is 20.8 Å². The molecule has 0 spiro atoms. The molecule has 134 valence electrons. The van der Waals surface area contributed by atoms with Gasteiger partial charge in [-0.1, -0.05) is 12.1 Å². The molecule has 1 aromatic carbocycles. The summed E-state index contributed by atoms with van der Waals surface area (Å²) in [6, 6.07) is 5.00. The van der Waals surface area contributed by atoms with Crippen LogP contribution in [0, 0.1) is 12.7 Å². The maximum atomic E-state index is 13.1. The number of aliphatic carboxylic acids is 1. The van der Waals surface area contributed by atoms with Gasteiger partial charge >= 0.3 is 5.97 Å². The molecule has 0 radical (unpaired) electrons. The second kappa shape index (κ2) is 6.31. The number of carbonyl (C=O) groups is 2. The highest BCUT2D eigenvalue weighted by Crippen LogP contribution is 2.24. The predicted molar refractivity (Wildman–Crippen MR) is 90.8 cm³/mol. The minimum Gasteiger partial charge on any atom is -0.479 e. The third-order valence-corrected chi connectivity index (χ3v) is 4.10. The zero-order chi connectivity index (χ0) is 19.0. The number of nitrogens with zero attached hydrogens (tertiary/aromatic N) is 2. The number of benzene rings is 1. The van der Waals surface area contributed by atoms with Crippen LogP contribution in [-0.2, 0) is 15.9 Å². The maximum Gasteiger partial charge on any atom is 0.333 e.